The van der Waals surface area contributed by atoms with E-state index in [0.717, 1.165) is 6.07 Å². The van der Waals surface area contributed by atoms with E-state index in [2.05, 4.69) is 26.0 Å². The third kappa shape index (κ3) is 5.16. The number of nitrogens with two attached hydrogens (primary N) is 1. The number of hydrogen-bond acceptors (Lipinski definition) is 6. The average Bonchev–Trinajstić information content (AvgIpc) is 2.79. The Balaban J connectivity index is 1.93. The molecule has 0 radical (unpaired) electrons. The van der Waals surface area contributed by atoms with Crippen molar-refractivity contribution in [1.82, 2.24) is 4.98 Å². The van der Waals surface area contributed by atoms with Crippen molar-refractivity contribution in [2.24, 2.45) is 10.7 Å². The van der Waals surface area contributed by atoms with Gasteiger partial charge in [0.15, 0.2) is 17.7 Å². The van der Waals surface area contributed by atoms with Crippen LogP contribution in [-0.2, 0) is 10.3 Å². The lowest BCUT2D eigenvalue weighted by molar-refractivity contribution is -0.209. The minimum absolute atomic E-state index is 0.0333. The fourth-order valence-corrected chi connectivity index (χ4v) is 3.21. The number of terminal acetylenes is 1. The predicted molar refractivity (Wildman–Crippen MR) is 108 cm³/mol. The molecule has 1 aliphatic heterocycles. The molecule has 2 heterocycles. The maximum Gasteiger partial charge on any atom is 0.425 e. The van der Waals surface area contributed by atoms with E-state index in [1.807, 2.05) is 0 Å². The molecule has 3 N–H and O–H groups in total. The predicted octanol–water partition coefficient (Wildman–Crippen LogP) is 3.45. The SMILES string of the molecule is C#CCOc1ccc(C(=O)Nc2cc(F)c(F)c([C@]3(CF)C[C@@H](C(F)(F)F)OC(N)=N3)c2)nc1. The second-order valence-corrected chi connectivity index (χ2v) is 7.11. The van der Waals surface area contributed by atoms with Crippen LogP contribution in [-0.4, -0.2) is 42.5 Å². The highest BCUT2D eigenvalue weighted by Gasteiger charge is 2.52. The number of alkyl halides is 4. The number of anilines is 1. The van der Waals surface area contributed by atoms with E-state index in [1.165, 1.54) is 18.3 Å². The highest BCUT2D eigenvalue weighted by atomic mass is 19.4. The molecule has 13 heteroatoms. The summed E-state index contributed by atoms with van der Waals surface area (Å²) in [5, 5.41) is 2.23. The van der Waals surface area contributed by atoms with Crippen LogP contribution in [0.3, 0.4) is 0 Å². The van der Waals surface area contributed by atoms with Crippen molar-refractivity contribution in [2.75, 3.05) is 18.6 Å². The monoisotopic (exact) mass is 486 g/mol. The summed E-state index contributed by atoms with van der Waals surface area (Å²) >= 11 is 0. The number of hydrogen-bond donors (Lipinski definition) is 2. The molecule has 2 aromatic rings. The van der Waals surface area contributed by atoms with Gasteiger partial charge in [-0.25, -0.2) is 23.1 Å². The maximum atomic E-state index is 14.6. The lowest BCUT2D eigenvalue weighted by Crippen LogP contribution is -2.48. The largest absolute Gasteiger partial charge is 0.479 e. The van der Waals surface area contributed by atoms with Crippen LogP contribution in [0, 0.1) is 24.0 Å². The summed E-state index contributed by atoms with van der Waals surface area (Å²) in [6, 6.07) is 2.93. The number of carbonyl (C=O) groups is 1. The normalized spacial score (nSPS) is 20.0. The van der Waals surface area contributed by atoms with Gasteiger partial charge in [0, 0.05) is 23.7 Å². The number of benzene rings is 1. The van der Waals surface area contributed by atoms with Gasteiger partial charge in [-0.05, 0) is 18.2 Å². The molecule has 1 aromatic carbocycles. The van der Waals surface area contributed by atoms with Gasteiger partial charge in [-0.15, -0.1) is 6.42 Å². The highest BCUT2D eigenvalue weighted by molar-refractivity contribution is 6.02. The van der Waals surface area contributed by atoms with E-state index < -0.39 is 60.0 Å². The Labute approximate surface area is 189 Å². The fraction of sp³-hybridized carbons (Fsp3) is 0.286. The van der Waals surface area contributed by atoms with Gasteiger partial charge in [-0.1, -0.05) is 5.92 Å². The van der Waals surface area contributed by atoms with Crippen LogP contribution in [0.15, 0.2) is 35.5 Å². The molecule has 180 valence electrons. The van der Waals surface area contributed by atoms with E-state index in [-0.39, 0.29) is 23.7 Å². The van der Waals surface area contributed by atoms with Crippen LogP contribution in [0.5, 0.6) is 5.75 Å². The molecule has 1 amide bonds. The van der Waals surface area contributed by atoms with Gasteiger partial charge >= 0.3 is 6.18 Å². The molecule has 0 saturated carbocycles. The summed E-state index contributed by atoms with van der Waals surface area (Å²) in [6.07, 6.45) is -2.54. The van der Waals surface area contributed by atoms with Crippen LogP contribution in [0.4, 0.5) is 32.0 Å². The Morgan fingerprint density at radius 1 is 1.35 bits per heavy atom. The van der Waals surface area contributed by atoms with Gasteiger partial charge in [0.05, 0.1) is 6.20 Å². The molecule has 0 spiro atoms. The van der Waals surface area contributed by atoms with Gasteiger partial charge in [-0.3, -0.25) is 4.79 Å². The molecule has 1 aromatic heterocycles. The van der Waals surface area contributed by atoms with Crippen molar-refractivity contribution in [3.8, 4) is 18.1 Å². The van der Waals surface area contributed by atoms with Gasteiger partial charge in [-0.2, -0.15) is 13.2 Å². The zero-order valence-corrected chi connectivity index (χ0v) is 17.1. The minimum atomic E-state index is -4.98. The molecule has 0 unspecified atom stereocenters. The van der Waals surface area contributed by atoms with Crippen LogP contribution in [0.25, 0.3) is 0 Å². The molecular weight excluding hydrogens is 470 g/mol. The summed E-state index contributed by atoms with van der Waals surface area (Å²) in [4.78, 5) is 19.8. The highest BCUT2D eigenvalue weighted by Crippen LogP contribution is 2.42. The van der Waals surface area contributed by atoms with Crippen molar-refractivity contribution < 1.29 is 40.6 Å². The van der Waals surface area contributed by atoms with Crippen molar-refractivity contribution in [2.45, 2.75) is 24.2 Å². The van der Waals surface area contributed by atoms with Crippen LogP contribution in [0.1, 0.15) is 22.5 Å². The minimum Gasteiger partial charge on any atom is -0.479 e. The zero-order chi connectivity index (χ0) is 25.1. The van der Waals surface area contributed by atoms with E-state index in [1.54, 1.807) is 0 Å². The number of rotatable bonds is 6. The Bertz CT molecular complexity index is 1150. The van der Waals surface area contributed by atoms with Crippen LogP contribution in [0.2, 0.25) is 0 Å². The second kappa shape index (κ2) is 9.50. The second-order valence-electron chi connectivity index (χ2n) is 7.11. The van der Waals surface area contributed by atoms with Crippen LogP contribution >= 0.6 is 0 Å². The Kier molecular flexibility index (Phi) is 6.90. The molecule has 7 nitrogen and oxygen atoms in total. The zero-order valence-electron chi connectivity index (χ0n) is 17.1. The Morgan fingerprint density at radius 3 is 2.68 bits per heavy atom. The fourth-order valence-electron chi connectivity index (χ4n) is 3.21. The molecule has 34 heavy (non-hydrogen) atoms. The van der Waals surface area contributed by atoms with E-state index in [9.17, 15) is 31.1 Å². The number of ether oxygens (including phenoxy) is 2. The van der Waals surface area contributed by atoms with Crippen molar-refractivity contribution in [3.63, 3.8) is 0 Å². The van der Waals surface area contributed by atoms with E-state index in [0.29, 0.717) is 6.07 Å². The third-order valence-corrected chi connectivity index (χ3v) is 4.78. The van der Waals surface area contributed by atoms with Gasteiger partial charge in [0.25, 0.3) is 11.9 Å². The number of amidine groups is 1. The number of aliphatic imine (C=N–C) groups is 1. The molecule has 0 saturated heterocycles. The summed E-state index contributed by atoms with van der Waals surface area (Å²) < 4.78 is 92.2. The van der Waals surface area contributed by atoms with Gasteiger partial charge in [0.1, 0.15) is 30.3 Å². The summed E-state index contributed by atoms with van der Waals surface area (Å²) in [5.74, 6) is -1.58. The number of aromatic nitrogens is 1. The van der Waals surface area contributed by atoms with Crippen molar-refractivity contribution in [3.05, 3.63) is 53.4 Å². The first-order valence-corrected chi connectivity index (χ1v) is 9.47. The van der Waals surface area contributed by atoms with Crippen molar-refractivity contribution in [1.29, 1.82) is 0 Å². The smallest absolute Gasteiger partial charge is 0.425 e. The number of amides is 1. The molecule has 0 fully saturated rings. The first-order valence-electron chi connectivity index (χ1n) is 9.47. The van der Waals surface area contributed by atoms with Gasteiger partial charge < -0.3 is 20.5 Å². The first kappa shape index (κ1) is 24.7. The van der Waals surface area contributed by atoms with Crippen LogP contribution < -0.4 is 15.8 Å². The summed E-state index contributed by atoms with van der Waals surface area (Å²) in [7, 11) is 0. The number of halogens is 6. The lowest BCUT2D eigenvalue weighted by Gasteiger charge is -2.36. The Hall–Kier alpha value is -3.95. The Morgan fingerprint density at radius 2 is 2.09 bits per heavy atom. The van der Waals surface area contributed by atoms with E-state index >= 15 is 0 Å². The van der Waals surface area contributed by atoms with Gasteiger partial charge in [0.2, 0.25) is 0 Å². The third-order valence-electron chi connectivity index (χ3n) is 4.78. The summed E-state index contributed by atoms with van der Waals surface area (Å²) in [6.45, 7) is -1.69. The number of carbonyl (C=O) groups excluding carboxylic acids is 1. The number of pyridine rings is 1. The molecule has 3 rings (SSSR count). The lowest BCUT2D eigenvalue weighted by atomic mass is 9.84. The van der Waals surface area contributed by atoms with Crippen molar-refractivity contribution >= 4 is 17.6 Å². The average molecular weight is 486 g/mol. The standard InChI is InChI=1S/C21H16F6N4O3/c1-2-5-33-12-3-4-15(29-9-12)18(32)30-11-6-13(17(24)14(23)7-11)20(10-22)8-16(21(25,26)27)34-19(28)31-20/h1,3-4,6-7,9,16H,5,8,10H2,(H2,28,31)(H,30,32)/t16-,20+/m0/s1. The quantitative estimate of drug-likeness (QED) is 0.482. The summed E-state index contributed by atoms with van der Waals surface area (Å²) in [5.41, 5.74) is 1.32. The molecule has 1 aliphatic rings. The molecule has 2 atom stereocenters. The molecule has 0 aliphatic carbocycles. The maximum absolute atomic E-state index is 14.6. The molecule has 0 bridgehead atoms. The number of nitrogens with one attached hydrogen (secondary N) is 1. The van der Waals surface area contributed by atoms with E-state index in [4.69, 9.17) is 16.9 Å². The number of nitrogens with zero attached hydrogens (tertiary/aromatic N) is 2. The molecular formula is C21H16F6N4O3. The topological polar surface area (TPSA) is 98.8 Å². The first-order chi connectivity index (χ1) is 16.0.